The summed E-state index contributed by atoms with van der Waals surface area (Å²) in [5, 5.41) is 0. The number of hydrogen-bond acceptors (Lipinski definition) is 3. The quantitative estimate of drug-likeness (QED) is 0.750. The van der Waals surface area contributed by atoms with Gasteiger partial charge in [-0.1, -0.05) is 19.1 Å². The van der Waals surface area contributed by atoms with E-state index >= 15 is 0 Å². The third-order valence-corrected chi connectivity index (χ3v) is 3.43. The van der Waals surface area contributed by atoms with E-state index in [4.69, 9.17) is 4.74 Å². The number of hydrogen-bond donors (Lipinski definition) is 0. The van der Waals surface area contributed by atoms with Gasteiger partial charge in [0.2, 0.25) is 0 Å². The zero-order chi connectivity index (χ0) is 12.3. The van der Waals surface area contributed by atoms with E-state index in [1.54, 1.807) is 0 Å². The van der Waals surface area contributed by atoms with E-state index in [2.05, 4.69) is 36.1 Å². The van der Waals surface area contributed by atoms with E-state index in [-0.39, 0.29) is 11.9 Å². The van der Waals surface area contributed by atoms with Crippen molar-refractivity contribution in [3.8, 4) is 0 Å². The molecule has 1 fully saturated rings. The number of aryl methyl sites for hydroxylation is 1. The van der Waals surface area contributed by atoms with E-state index < -0.39 is 0 Å². The lowest BCUT2D eigenvalue weighted by Crippen LogP contribution is -2.23. The van der Waals surface area contributed by atoms with Crippen molar-refractivity contribution in [1.82, 2.24) is 0 Å². The van der Waals surface area contributed by atoms with Crippen LogP contribution in [0.25, 0.3) is 0 Å². The molecule has 1 aromatic rings. The average molecular weight is 233 g/mol. The van der Waals surface area contributed by atoms with Crippen LogP contribution in [0.2, 0.25) is 0 Å². The summed E-state index contributed by atoms with van der Waals surface area (Å²) in [6.45, 7) is 3.86. The molecule has 1 aromatic carbocycles. The van der Waals surface area contributed by atoms with Crippen LogP contribution in [0.5, 0.6) is 0 Å². The van der Waals surface area contributed by atoms with Crippen molar-refractivity contribution < 1.29 is 9.53 Å². The van der Waals surface area contributed by atoms with Gasteiger partial charge in [-0.25, -0.2) is 0 Å². The minimum absolute atomic E-state index is 0.0332. The second-order valence-electron chi connectivity index (χ2n) is 4.47. The maximum atomic E-state index is 11.4. The van der Waals surface area contributed by atoms with E-state index in [0.717, 1.165) is 25.9 Å². The Morgan fingerprint density at radius 1 is 1.41 bits per heavy atom. The highest BCUT2D eigenvalue weighted by atomic mass is 16.5. The summed E-state index contributed by atoms with van der Waals surface area (Å²) >= 11 is 0. The first kappa shape index (κ1) is 12.0. The number of benzene rings is 1. The van der Waals surface area contributed by atoms with Gasteiger partial charge in [0.15, 0.2) is 0 Å². The molecule has 0 radical (unpaired) electrons. The molecular formula is C14H19NO2. The summed E-state index contributed by atoms with van der Waals surface area (Å²) in [6, 6.07) is 8.58. The van der Waals surface area contributed by atoms with Gasteiger partial charge in [0.25, 0.3) is 0 Å². The van der Waals surface area contributed by atoms with Crippen molar-refractivity contribution in [2.75, 3.05) is 25.1 Å². The van der Waals surface area contributed by atoms with E-state index in [0.29, 0.717) is 0 Å². The Morgan fingerprint density at radius 2 is 2.12 bits per heavy atom. The lowest BCUT2D eigenvalue weighted by atomic mass is 10.1. The van der Waals surface area contributed by atoms with E-state index in [1.807, 2.05) is 0 Å². The summed E-state index contributed by atoms with van der Waals surface area (Å²) in [6.07, 6.45) is 1.95. The van der Waals surface area contributed by atoms with E-state index in [1.165, 1.54) is 18.4 Å². The first-order chi connectivity index (χ1) is 8.24. The largest absolute Gasteiger partial charge is 0.469 e. The molecule has 1 aliphatic rings. The van der Waals surface area contributed by atoms with Gasteiger partial charge in [0.1, 0.15) is 0 Å². The van der Waals surface area contributed by atoms with Crippen LogP contribution in [0.15, 0.2) is 24.3 Å². The van der Waals surface area contributed by atoms with Crippen LogP contribution >= 0.6 is 0 Å². The van der Waals surface area contributed by atoms with Crippen molar-refractivity contribution in [2.45, 2.75) is 19.8 Å². The van der Waals surface area contributed by atoms with Crippen molar-refractivity contribution in [2.24, 2.45) is 5.92 Å². The van der Waals surface area contributed by atoms with Gasteiger partial charge in [-0.2, -0.15) is 0 Å². The number of nitrogens with zero attached hydrogens (tertiary/aromatic N) is 1. The fourth-order valence-corrected chi connectivity index (χ4v) is 2.30. The second kappa shape index (κ2) is 5.21. The SMILES string of the molecule is CCc1ccc(N2CCC(C(=O)OC)C2)cc1. The summed E-state index contributed by atoms with van der Waals surface area (Å²) < 4.78 is 4.79. The van der Waals surface area contributed by atoms with Crippen molar-refractivity contribution in [3.63, 3.8) is 0 Å². The maximum Gasteiger partial charge on any atom is 0.310 e. The van der Waals surface area contributed by atoms with Gasteiger partial charge >= 0.3 is 5.97 Å². The first-order valence-corrected chi connectivity index (χ1v) is 6.16. The van der Waals surface area contributed by atoms with Gasteiger partial charge in [0.05, 0.1) is 13.0 Å². The zero-order valence-corrected chi connectivity index (χ0v) is 10.5. The molecule has 1 atom stereocenters. The molecule has 3 heteroatoms. The van der Waals surface area contributed by atoms with Gasteiger partial charge in [-0.05, 0) is 30.5 Å². The number of rotatable bonds is 3. The van der Waals surface area contributed by atoms with Gasteiger partial charge < -0.3 is 9.64 Å². The highest BCUT2D eigenvalue weighted by molar-refractivity contribution is 5.74. The Labute approximate surface area is 102 Å². The Bertz CT molecular complexity index is 386. The second-order valence-corrected chi connectivity index (χ2v) is 4.47. The molecular weight excluding hydrogens is 214 g/mol. The molecule has 17 heavy (non-hydrogen) atoms. The predicted octanol–water partition coefficient (Wildman–Crippen LogP) is 2.25. The average Bonchev–Trinajstić information content (AvgIpc) is 2.87. The van der Waals surface area contributed by atoms with Gasteiger partial charge in [0, 0.05) is 18.8 Å². The molecule has 0 saturated carbocycles. The first-order valence-electron chi connectivity index (χ1n) is 6.16. The number of carbonyl (C=O) groups excluding carboxylic acids is 1. The summed E-state index contributed by atoms with van der Waals surface area (Å²) in [7, 11) is 1.46. The molecule has 0 amide bonds. The third-order valence-electron chi connectivity index (χ3n) is 3.43. The molecule has 1 aliphatic heterocycles. The van der Waals surface area contributed by atoms with Gasteiger partial charge in [-0.3, -0.25) is 4.79 Å². The number of anilines is 1. The lowest BCUT2D eigenvalue weighted by molar-refractivity contribution is -0.144. The summed E-state index contributed by atoms with van der Waals surface area (Å²) in [5.41, 5.74) is 2.55. The third kappa shape index (κ3) is 2.60. The molecule has 0 aromatic heterocycles. The lowest BCUT2D eigenvalue weighted by Gasteiger charge is -2.18. The summed E-state index contributed by atoms with van der Waals surface area (Å²) in [5.74, 6) is -0.0523. The highest BCUT2D eigenvalue weighted by Crippen LogP contribution is 2.24. The van der Waals surface area contributed by atoms with Crippen molar-refractivity contribution in [1.29, 1.82) is 0 Å². The van der Waals surface area contributed by atoms with Crippen molar-refractivity contribution >= 4 is 11.7 Å². The number of methoxy groups -OCH3 is 1. The predicted molar refractivity (Wildman–Crippen MR) is 68.2 cm³/mol. The minimum Gasteiger partial charge on any atom is -0.469 e. The fraction of sp³-hybridized carbons (Fsp3) is 0.500. The van der Waals surface area contributed by atoms with Crippen LogP contribution in [0.4, 0.5) is 5.69 Å². The van der Waals surface area contributed by atoms with Crippen LogP contribution in [0.3, 0.4) is 0 Å². The number of carbonyl (C=O) groups is 1. The Morgan fingerprint density at radius 3 is 2.71 bits per heavy atom. The van der Waals surface area contributed by atoms with Crippen LogP contribution < -0.4 is 4.90 Å². The Balaban J connectivity index is 2.02. The molecule has 3 nitrogen and oxygen atoms in total. The standard InChI is InChI=1S/C14H19NO2/c1-3-11-4-6-13(7-5-11)15-9-8-12(10-15)14(16)17-2/h4-7,12H,3,8-10H2,1-2H3. The minimum atomic E-state index is -0.0855. The monoisotopic (exact) mass is 233 g/mol. The molecule has 1 unspecified atom stereocenters. The Hall–Kier alpha value is -1.51. The molecule has 92 valence electrons. The van der Waals surface area contributed by atoms with Crippen LogP contribution in [-0.2, 0) is 16.0 Å². The van der Waals surface area contributed by atoms with Crippen LogP contribution in [0.1, 0.15) is 18.9 Å². The van der Waals surface area contributed by atoms with Crippen LogP contribution in [-0.4, -0.2) is 26.2 Å². The zero-order valence-electron chi connectivity index (χ0n) is 10.5. The van der Waals surface area contributed by atoms with Crippen molar-refractivity contribution in [3.05, 3.63) is 29.8 Å². The molecule has 0 aliphatic carbocycles. The molecule has 2 rings (SSSR count). The maximum absolute atomic E-state index is 11.4. The molecule has 1 heterocycles. The summed E-state index contributed by atoms with van der Waals surface area (Å²) in [4.78, 5) is 13.7. The van der Waals surface area contributed by atoms with E-state index in [9.17, 15) is 4.79 Å². The molecule has 0 bridgehead atoms. The number of esters is 1. The van der Waals surface area contributed by atoms with Crippen LogP contribution in [0, 0.1) is 5.92 Å². The highest BCUT2D eigenvalue weighted by Gasteiger charge is 2.28. The van der Waals surface area contributed by atoms with Gasteiger partial charge in [-0.15, -0.1) is 0 Å². The molecule has 0 N–H and O–H groups in total. The molecule has 1 saturated heterocycles. The Kier molecular flexibility index (Phi) is 3.67. The smallest absolute Gasteiger partial charge is 0.310 e. The molecule has 0 spiro atoms. The topological polar surface area (TPSA) is 29.5 Å². The normalized spacial score (nSPS) is 19.4. The fourth-order valence-electron chi connectivity index (χ4n) is 2.30. The number of ether oxygens (including phenoxy) is 1.